The summed E-state index contributed by atoms with van der Waals surface area (Å²) in [7, 11) is 0. The quantitative estimate of drug-likeness (QED) is 0.260. The van der Waals surface area contributed by atoms with Gasteiger partial charge in [-0.2, -0.15) is 0 Å². The number of rotatable bonds is 8. The van der Waals surface area contributed by atoms with E-state index in [1.54, 1.807) is 0 Å². The van der Waals surface area contributed by atoms with Crippen molar-refractivity contribution in [2.24, 2.45) is 4.99 Å². The fraction of sp³-hybridized carbons (Fsp3) is 0.440. The molecule has 7 nitrogen and oxygen atoms in total. The van der Waals surface area contributed by atoms with Crippen molar-refractivity contribution < 1.29 is 14.6 Å². The van der Waals surface area contributed by atoms with E-state index in [1.807, 2.05) is 62.1 Å². The summed E-state index contributed by atoms with van der Waals surface area (Å²) < 4.78 is 5.70. The van der Waals surface area contributed by atoms with E-state index in [0.29, 0.717) is 25.6 Å². The molecular weight excluding hydrogens is 531 g/mol. The van der Waals surface area contributed by atoms with Crippen LogP contribution in [0.3, 0.4) is 0 Å². The van der Waals surface area contributed by atoms with Crippen LogP contribution in [-0.4, -0.2) is 54.2 Å². The summed E-state index contributed by atoms with van der Waals surface area (Å²) in [6, 6.07) is 15.7. The average Bonchev–Trinajstić information content (AvgIpc) is 2.79. The number of aliphatic hydroxyl groups excluding tert-OH is 1. The zero-order valence-electron chi connectivity index (χ0n) is 19.6. The van der Waals surface area contributed by atoms with E-state index < -0.39 is 6.10 Å². The predicted octanol–water partition coefficient (Wildman–Crippen LogP) is 3.27. The van der Waals surface area contributed by atoms with Crippen molar-refractivity contribution >= 4 is 35.8 Å². The summed E-state index contributed by atoms with van der Waals surface area (Å²) in [5, 5.41) is 16.9. The van der Waals surface area contributed by atoms with Gasteiger partial charge < -0.3 is 25.4 Å². The Balaban J connectivity index is 0.00000385. The van der Waals surface area contributed by atoms with Gasteiger partial charge in [0.15, 0.2) is 5.96 Å². The minimum atomic E-state index is -0.733. The second kappa shape index (κ2) is 13.4. The summed E-state index contributed by atoms with van der Waals surface area (Å²) in [6.07, 6.45) is 0.207. The number of benzene rings is 2. The highest BCUT2D eigenvalue weighted by Crippen LogP contribution is 2.20. The number of halogens is 1. The molecule has 0 saturated carbocycles. The maximum absolute atomic E-state index is 12.7. The van der Waals surface area contributed by atoms with Crippen LogP contribution in [0.25, 0.3) is 0 Å². The topological polar surface area (TPSA) is 86.2 Å². The third-order valence-electron chi connectivity index (χ3n) is 5.28. The number of nitrogens with one attached hydrogen (secondary N) is 2. The van der Waals surface area contributed by atoms with Crippen molar-refractivity contribution in [2.75, 3.05) is 26.2 Å². The number of aliphatic hydroxyl groups is 1. The number of hydrogen-bond donors (Lipinski definition) is 3. The SMILES string of the molecule is CCNC(=NCC(=O)N1CCc2ccccc2C1)NCC(O)c1cccc(OC(C)C)c1.I. The Morgan fingerprint density at radius 1 is 1.15 bits per heavy atom. The molecule has 8 heteroatoms. The Morgan fingerprint density at radius 3 is 2.64 bits per heavy atom. The largest absolute Gasteiger partial charge is 0.491 e. The number of fused-ring (bicyclic) bond motifs is 1. The van der Waals surface area contributed by atoms with E-state index >= 15 is 0 Å². The van der Waals surface area contributed by atoms with Crippen LogP contribution in [0, 0.1) is 0 Å². The van der Waals surface area contributed by atoms with Crippen LogP contribution in [-0.2, 0) is 17.8 Å². The van der Waals surface area contributed by atoms with E-state index in [2.05, 4.69) is 27.8 Å². The molecule has 0 aliphatic carbocycles. The molecule has 2 aromatic carbocycles. The summed E-state index contributed by atoms with van der Waals surface area (Å²) in [4.78, 5) is 19.0. The van der Waals surface area contributed by atoms with Crippen LogP contribution in [0.4, 0.5) is 0 Å². The van der Waals surface area contributed by atoms with Gasteiger partial charge in [-0.05, 0) is 56.0 Å². The number of carbonyl (C=O) groups is 1. The number of ether oxygens (including phenoxy) is 1. The second-order valence-corrected chi connectivity index (χ2v) is 8.16. The fourth-order valence-electron chi connectivity index (χ4n) is 3.68. The molecule has 1 amide bonds. The van der Waals surface area contributed by atoms with Crippen molar-refractivity contribution in [3.05, 3.63) is 65.2 Å². The predicted molar refractivity (Wildman–Crippen MR) is 142 cm³/mol. The highest BCUT2D eigenvalue weighted by molar-refractivity contribution is 14.0. The number of guanidine groups is 1. The molecule has 3 N–H and O–H groups in total. The van der Waals surface area contributed by atoms with Gasteiger partial charge in [-0.15, -0.1) is 24.0 Å². The molecule has 2 aromatic rings. The van der Waals surface area contributed by atoms with E-state index in [9.17, 15) is 9.90 Å². The Kier molecular flexibility index (Phi) is 10.9. The number of nitrogens with zero attached hydrogens (tertiary/aromatic N) is 2. The zero-order chi connectivity index (χ0) is 22.9. The standard InChI is InChI=1S/C25H34N4O3.HI/c1-4-26-25(27-15-23(30)20-10-7-11-22(14-20)32-18(2)3)28-16-24(31)29-13-12-19-8-5-6-9-21(19)17-29;/h5-11,14,18,23,30H,4,12-13,15-17H2,1-3H3,(H2,26,27,28);1H. The molecule has 1 aliphatic heterocycles. The van der Waals surface area contributed by atoms with E-state index in [-0.39, 0.29) is 49.1 Å². The molecule has 1 atom stereocenters. The second-order valence-electron chi connectivity index (χ2n) is 8.16. The molecule has 0 saturated heterocycles. The lowest BCUT2D eigenvalue weighted by Gasteiger charge is -2.28. The number of aliphatic imine (C=N–C) groups is 1. The smallest absolute Gasteiger partial charge is 0.244 e. The van der Waals surface area contributed by atoms with Crippen LogP contribution < -0.4 is 15.4 Å². The van der Waals surface area contributed by atoms with Crippen LogP contribution in [0.2, 0.25) is 0 Å². The van der Waals surface area contributed by atoms with Gasteiger partial charge in [0.1, 0.15) is 12.3 Å². The van der Waals surface area contributed by atoms with Crippen LogP contribution in [0.15, 0.2) is 53.5 Å². The van der Waals surface area contributed by atoms with Gasteiger partial charge in [-0.3, -0.25) is 4.79 Å². The van der Waals surface area contributed by atoms with E-state index in [4.69, 9.17) is 4.74 Å². The van der Waals surface area contributed by atoms with Crippen molar-refractivity contribution in [3.63, 3.8) is 0 Å². The van der Waals surface area contributed by atoms with Gasteiger partial charge in [-0.25, -0.2) is 4.99 Å². The Labute approximate surface area is 213 Å². The first-order valence-electron chi connectivity index (χ1n) is 11.3. The molecule has 3 rings (SSSR count). The van der Waals surface area contributed by atoms with Crippen molar-refractivity contribution in [3.8, 4) is 5.75 Å². The monoisotopic (exact) mass is 566 g/mol. The minimum Gasteiger partial charge on any atom is -0.491 e. The third kappa shape index (κ3) is 8.19. The van der Waals surface area contributed by atoms with E-state index in [0.717, 1.165) is 17.7 Å². The first-order chi connectivity index (χ1) is 15.5. The maximum atomic E-state index is 12.7. The van der Waals surface area contributed by atoms with Gasteiger partial charge >= 0.3 is 0 Å². The van der Waals surface area contributed by atoms with Crippen LogP contribution in [0.1, 0.15) is 43.6 Å². The Hall–Kier alpha value is -2.33. The van der Waals surface area contributed by atoms with Crippen molar-refractivity contribution in [1.82, 2.24) is 15.5 Å². The van der Waals surface area contributed by atoms with E-state index in [1.165, 1.54) is 11.1 Å². The van der Waals surface area contributed by atoms with Crippen molar-refractivity contribution in [2.45, 2.75) is 45.9 Å². The summed E-state index contributed by atoms with van der Waals surface area (Å²) in [6.45, 7) is 8.22. The van der Waals surface area contributed by atoms with Gasteiger partial charge in [0, 0.05) is 26.2 Å². The normalized spacial score (nSPS) is 14.2. The summed E-state index contributed by atoms with van der Waals surface area (Å²) in [5.41, 5.74) is 3.27. The molecule has 33 heavy (non-hydrogen) atoms. The lowest BCUT2D eigenvalue weighted by atomic mass is 10.00. The minimum absolute atomic E-state index is 0. The Morgan fingerprint density at radius 2 is 1.91 bits per heavy atom. The molecule has 0 bridgehead atoms. The molecule has 0 radical (unpaired) electrons. The lowest BCUT2D eigenvalue weighted by molar-refractivity contribution is -0.130. The highest BCUT2D eigenvalue weighted by atomic mass is 127. The van der Waals surface area contributed by atoms with Gasteiger partial charge in [-0.1, -0.05) is 36.4 Å². The summed E-state index contributed by atoms with van der Waals surface area (Å²) >= 11 is 0. The molecular formula is C25H35IN4O3. The first kappa shape index (κ1) is 26.9. The summed E-state index contributed by atoms with van der Waals surface area (Å²) in [5.74, 6) is 1.23. The molecule has 180 valence electrons. The van der Waals surface area contributed by atoms with Gasteiger partial charge in [0.05, 0.1) is 12.2 Å². The van der Waals surface area contributed by atoms with Gasteiger partial charge in [0.25, 0.3) is 0 Å². The maximum Gasteiger partial charge on any atom is 0.244 e. The highest BCUT2D eigenvalue weighted by Gasteiger charge is 2.20. The third-order valence-corrected chi connectivity index (χ3v) is 5.28. The first-order valence-corrected chi connectivity index (χ1v) is 11.3. The average molecular weight is 566 g/mol. The van der Waals surface area contributed by atoms with Crippen molar-refractivity contribution in [1.29, 1.82) is 0 Å². The molecule has 0 aromatic heterocycles. The zero-order valence-corrected chi connectivity index (χ0v) is 21.9. The molecule has 0 fully saturated rings. The Bertz CT molecular complexity index is 935. The fourth-order valence-corrected chi connectivity index (χ4v) is 3.68. The number of amides is 1. The number of hydrogen-bond acceptors (Lipinski definition) is 4. The van der Waals surface area contributed by atoms with Crippen LogP contribution >= 0.6 is 24.0 Å². The molecule has 1 heterocycles. The number of carbonyl (C=O) groups excluding carboxylic acids is 1. The molecule has 1 unspecified atom stereocenters. The molecule has 0 spiro atoms. The lowest BCUT2D eigenvalue weighted by Crippen LogP contribution is -2.41. The molecule has 1 aliphatic rings. The van der Waals surface area contributed by atoms with Crippen LogP contribution in [0.5, 0.6) is 5.75 Å². The van der Waals surface area contributed by atoms with Gasteiger partial charge in [0.2, 0.25) is 5.91 Å².